The summed E-state index contributed by atoms with van der Waals surface area (Å²) in [6.07, 6.45) is 0.193. The third-order valence-electron chi connectivity index (χ3n) is 8.28. The van der Waals surface area contributed by atoms with Crippen molar-refractivity contribution in [3.05, 3.63) is 125 Å². The molecule has 0 aliphatic carbocycles. The van der Waals surface area contributed by atoms with Gasteiger partial charge in [0.1, 0.15) is 18.2 Å². The zero-order valence-corrected chi connectivity index (χ0v) is 29.9. The van der Waals surface area contributed by atoms with Gasteiger partial charge in [0.15, 0.2) is 8.03 Å². The highest BCUT2D eigenvalue weighted by Gasteiger charge is 2.51. The van der Waals surface area contributed by atoms with E-state index >= 15 is 0 Å². The summed E-state index contributed by atoms with van der Waals surface area (Å²) < 4.78 is 45.7. The Kier molecular flexibility index (Phi) is 12.8. The molecule has 0 fully saturated rings. The van der Waals surface area contributed by atoms with Gasteiger partial charge in [-0.15, -0.1) is 0 Å². The van der Waals surface area contributed by atoms with E-state index in [0.29, 0.717) is 19.4 Å². The van der Waals surface area contributed by atoms with Crippen molar-refractivity contribution in [3.8, 4) is 5.75 Å². The number of carboxylic acids is 1. The molecule has 6 nitrogen and oxygen atoms in total. The first-order valence-corrected chi connectivity index (χ1v) is 19.5. The lowest BCUT2D eigenvalue weighted by atomic mass is 10.0. The summed E-state index contributed by atoms with van der Waals surface area (Å²) in [4.78, 5) is 12.0. The maximum atomic E-state index is 13.4. The lowest BCUT2D eigenvalue weighted by Crippen LogP contribution is -2.68. The van der Waals surface area contributed by atoms with Crippen molar-refractivity contribution in [2.75, 3.05) is 12.8 Å². The largest absolute Gasteiger partial charge is 0.489 e. The summed E-state index contributed by atoms with van der Waals surface area (Å²) in [5.74, 6) is -0.533. The molecule has 0 radical (unpaired) electrons. The van der Waals surface area contributed by atoms with Gasteiger partial charge < -0.3 is 18.8 Å². The molecule has 47 heavy (non-hydrogen) atoms. The smallest absolute Gasteiger partial charge is 0.305 e. The van der Waals surface area contributed by atoms with Crippen LogP contribution in [0, 0.1) is 19.7 Å². The first-order valence-electron chi connectivity index (χ1n) is 16.0. The van der Waals surface area contributed by atoms with Crippen molar-refractivity contribution in [2.24, 2.45) is 0 Å². The van der Waals surface area contributed by atoms with E-state index < -0.39 is 28.4 Å². The predicted octanol–water partition coefficient (Wildman–Crippen LogP) is 7.87. The molecule has 9 heteroatoms. The van der Waals surface area contributed by atoms with Crippen LogP contribution in [0.2, 0.25) is 5.04 Å². The Morgan fingerprint density at radius 2 is 1.51 bits per heavy atom. The second-order valence-corrected chi connectivity index (χ2v) is 18.7. The number of halogens is 1. The minimum atomic E-state index is -3.05. The fraction of sp³-hybridized carbons (Fsp3) is 0.342. The normalized spacial score (nSPS) is 13.2. The van der Waals surface area contributed by atoms with Gasteiger partial charge in [-0.25, -0.2) is 4.39 Å². The summed E-state index contributed by atoms with van der Waals surface area (Å²) in [5.41, 5.74) is 4.08. The monoisotopic (exact) mass is 676 g/mol. The predicted molar refractivity (Wildman–Crippen MR) is 190 cm³/mol. The van der Waals surface area contributed by atoms with Crippen LogP contribution in [0.3, 0.4) is 0 Å². The number of carbonyl (C=O) groups is 1. The molecule has 0 heterocycles. The molecule has 250 valence electrons. The Morgan fingerprint density at radius 3 is 2.06 bits per heavy atom. The van der Waals surface area contributed by atoms with Gasteiger partial charge in [-0.05, 0) is 82.6 Å². The van der Waals surface area contributed by atoms with Crippen molar-refractivity contribution in [1.82, 2.24) is 0 Å². The van der Waals surface area contributed by atoms with Crippen LogP contribution in [0.4, 0.5) is 4.39 Å². The number of aryl methyl sites for hydroxylation is 2. The molecule has 2 unspecified atom stereocenters. The summed E-state index contributed by atoms with van der Waals surface area (Å²) >= 11 is 0. The van der Waals surface area contributed by atoms with Crippen molar-refractivity contribution in [3.63, 3.8) is 0 Å². The Morgan fingerprint density at radius 1 is 0.915 bits per heavy atom. The van der Waals surface area contributed by atoms with E-state index in [1.165, 1.54) is 12.1 Å². The third kappa shape index (κ3) is 9.74. The molecule has 2 atom stereocenters. The molecule has 4 aromatic carbocycles. The number of rotatable bonds is 16. The molecule has 0 aliphatic heterocycles. The van der Waals surface area contributed by atoms with Gasteiger partial charge in [0.25, 0.3) is 8.32 Å². The standard InChI is InChI=1S/C38H46FO6PSi/c1-28-23-29(2)35(36(24-28)43-26-30-18-20-31(39)21-19-30)17-12-22-44-46(42)27-32(25-37(40)41)45-47(38(3,4)5,33-13-8-6-9-14-33)34-15-10-7-11-16-34/h6-11,13-16,18-21,23-24,32,46H,12,17,22,25-27H2,1-5H3,(H,40,41). The Bertz CT molecular complexity index is 1580. The fourth-order valence-electron chi connectivity index (χ4n) is 6.12. The zero-order valence-electron chi connectivity index (χ0n) is 27.9. The second kappa shape index (κ2) is 16.5. The quantitative estimate of drug-likeness (QED) is 0.0740. The van der Waals surface area contributed by atoms with Gasteiger partial charge in [-0.2, -0.15) is 0 Å². The summed E-state index contributed by atoms with van der Waals surface area (Å²) in [7, 11) is -5.68. The van der Waals surface area contributed by atoms with Crippen molar-refractivity contribution >= 4 is 32.7 Å². The number of carboxylic acid groups (broad SMARTS) is 1. The third-order valence-corrected chi connectivity index (χ3v) is 14.7. The van der Waals surface area contributed by atoms with Crippen LogP contribution in [0.1, 0.15) is 55.9 Å². The molecule has 4 rings (SSSR count). The van der Waals surface area contributed by atoms with E-state index in [4.69, 9.17) is 13.7 Å². The number of hydrogen-bond donors (Lipinski definition) is 1. The highest BCUT2D eigenvalue weighted by atomic mass is 31.1. The van der Waals surface area contributed by atoms with Crippen molar-refractivity contribution in [1.29, 1.82) is 0 Å². The Labute approximate surface area is 279 Å². The molecule has 4 aromatic rings. The fourth-order valence-corrected chi connectivity index (χ4v) is 12.1. The average molecular weight is 677 g/mol. The van der Waals surface area contributed by atoms with Gasteiger partial charge in [-0.3, -0.25) is 9.36 Å². The molecule has 0 aromatic heterocycles. The zero-order chi connectivity index (χ0) is 34.0. The van der Waals surface area contributed by atoms with E-state index in [2.05, 4.69) is 26.8 Å². The van der Waals surface area contributed by atoms with Crippen molar-refractivity contribution in [2.45, 2.75) is 71.6 Å². The molecular formula is C38H46FO6PSi. The molecular weight excluding hydrogens is 630 g/mol. The van der Waals surface area contributed by atoms with Crippen LogP contribution in [0.15, 0.2) is 97.1 Å². The van der Waals surface area contributed by atoms with E-state index in [1.807, 2.05) is 80.6 Å². The van der Waals surface area contributed by atoms with Gasteiger partial charge in [0, 0.05) is 6.16 Å². The van der Waals surface area contributed by atoms with E-state index in [9.17, 15) is 18.9 Å². The summed E-state index contributed by atoms with van der Waals surface area (Å²) in [6, 6.07) is 30.3. The highest BCUT2D eigenvalue weighted by Crippen LogP contribution is 2.39. The van der Waals surface area contributed by atoms with E-state index in [1.54, 1.807) is 12.1 Å². The van der Waals surface area contributed by atoms with Gasteiger partial charge in [0.2, 0.25) is 0 Å². The molecule has 0 bridgehead atoms. The summed E-state index contributed by atoms with van der Waals surface area (Å²) in [6.45, 7) is 11.0. The van der Waals surface area contributed by atoms with Gasteiger partial charge in [0.05, 0.1) is 19.1 Å². The minimum Gasteiger partial charge on any atom is -0.489 e. The number of benzene rings is 4. The van der Waals surface area contributed by atoms with Crippen molar-refractivity contribution < 1.29 is 32.5 Å². The highest BCUT2D eigenvalue weighted by molar-refractivity contribution is 7.39. The number of aliphatic carboxylic acids is 1. The van der Waals surface area contributed by atoms with Crippen LogP contribution >= 0.6 is 8.03 Å². The first kappa shape index (κ1) is 36.3. The van der Waals surface area contributed by atoms with Gasteiger partial charge in [-0.1, -0.05) is 99.6 Å². The second-order valence-electron chi connectivity index (χ2n) is 13.0. The Balaban J connectivity index is 1.45. The lowest BCUT2D eigenvalue weighted by molar-refractivity contribution is -0.138. The molecule has 1 N–H and O–H groups in total. The molecule has 0 spiro atoms. The molecule has 0 amide bonds. The lowest BCUT2D eigenvalue weighted by Gasteiger charge is -2.45. The minimum absolute atomic E-state index is 0.0110. The summed E-state index contributed by atoms with van der Waals surface area (Å²) in [5, 5.41) is 11.6. The number of ether oxygens (including phenoxy) is 1. The average Bonchev–Trinajstić information content (AvgIpc) is 3.02. The van der Waals surface area contributed by atoms with E-state index in [-0.39, 0.29) is 30.0 Å². The van der Waals surface area contributed by atoms with Crippen LogP contribution < -0.4 is 15.1 Å². The SMILES string of the molecule is Cc1cc(C)c(CCCO[PH](=O)CC(CC(=O)O)O[Si](c2ccccc2)(c2ccccc2)C(C)(C)C)c(OCc2ccc(F)cc2)c1. The molecule has 0 saturated carbocycles. The Hall–Kier alpha value is -3.55. The van der Waals surface area contributed by atoms with Crippen LogP contribution in [-0.2, 0) is 31.3 Å². The van der Waals surface area contributed by atoms with Crippen LogP contribution in [-0.4, -0.2) is 38.3 Å². The topological polar surface area (TPSA) is 82.1 Å². The van der Waals surface area contributed by atoms with E-state index in [0.717, 1.165) is 38.4 Å². The number of hydrogen-bond acceptors (Lipinski definition) is 5. The first-order chi connectivity index (χ1) is 22.4. The maximum absolute atomic E-state index is 13.4. The van der Waals surface area contributed by atoms with Crippen LogP contribution in [0.5, 0.6) is 5.75 Å². The molecule has 0 aliphatic rings. The molecule has 0 saturated heterocycles. The van der Waals surface area contributed by atoms with Crippen LogP contribution in [0.25, 0.3) is 0 Å². The maximum Gasteiger partial charge on any atom is 0.305 e. The van der Waals surface area contributed by atoms with Gasteiger partial charge >= 0.3 is 5.97 Å².